The van der Waals surface area contributed by atoms with Crippen LogP contribution in [0.5, 0.6) is 0 Å². The Labute approximate surface area is 67.4 Å². The van der Waals surface area contributed by atoms with Gasteiger partial charge in [-0.3, -0.25) is 0 Å². The molecule has 0 fully saturated rings. The number of nitrogens with zero attached hydrogens (tertiary/aromatic N) is 1. The molecule has 0 aliphatic heterocycles. The first-order valence-electron chi connectivity index (χ1n) is 3.57. The van der Waals surface area contributed by atoms with Gasteiger partial charge in [-0.05, 0) is 14.1 Å². The van der Waals surface area contributed by atoms with Crippen LogP contribution < -0.4 is 0 Å². The van der Waals surface area contributed by atoms with E-state index in [0.29, 0.717) is 0 Å². The van der Waals surface area contributed by atoms with Gasteiger partial charge in [0.1, 0.15) is 0 Å². The number of hydrogen-bond donors (Lipinski definition) is 2. The predicted octanol–water partition coefficient (Wildman–Crippen LogP) is -1.08. The Bertz CT molecular complexity index is 97.7. The number of rotatable bonds is 5. The lowest BCUT2D eigenvalue weighted by atomic mass is 10.1. The van der Waals surface area contributed by atoms with Crippen LogP contribution >= 0.6 is 0 Å². The number of hydrogen-bond acceptors (Lipinski definition) is 4. The molecule has 0 bridgehead atoms. The van der Waals surface area contributed by atoms with Crippen LogP contribution in [0.2, 0.25) is 0 Å². The molecule has 0 aliphatic rings. The third kappa shape index (κ3) is 3.67. The van der Waals surface area contributed by atoms with Gasteiger partial charge in [0.05, 0.1) is 25.4 Å². The van der Waals surface area contributed by atoms with E-state index in [1.54, 1.807) is 19.0 Å². The third-order valence-electron chi connectivity index (χ3n) is 1.63. The SMILES string of the molecule is COCC(O)C(CO)N(C)C. The first-order valence-corrected chi connectivity index (χ1v) is 3.57. The fourth-order valence-electron chi connectivity index (χ4n) is 0.911. The molecule has 0 aromatic rings. The van der Waals surface area contributed by atoms with Crippen molar-refractivity contribution in [3.8, 4) is 0 Å². The van der Waals surface area contributed by atoms with Gasteiger partial charge in [-0.2, -0.15) is 0 Å². The van der Waals surface area contributed by atoms with Crippen molar-refractivity contribution in [2.24, 2.45) is 0 Å². The van der Waals surface area contributed by atoms with E-state index in [9.17, 15) is 5.11 Å². The summed E-state index contributed by atoms with van der Waals surface area (Å²) >= 11 is 0. The van der Waals surface area contributed by atoms with Crippen LogP contribution in [0.4, 0.5) is 0 Å². The van der Waals surface area contributed by atoms with Gasteiger partial charge in [-0.25, -0.2) is 0 Å². The van der Waals surface area contributed by atoms with Crippen LogP contribution in [0.15, 0.2) is 0 Å². The molecule has 0 saturated heterocycles. The fourth-order valence-corrected chi connectivity index (χ4v) is 0.911. The molecule has 2 unspecified atom stereocenters. The second-order valence-electron chi connectivity index (χ2n) is 2.74. The highest BCUT2D eigenvalue weighted by molar-refractivity contribution is 4.73. The molecule has 0 radical (unpaired) electrons. The molecule has 4 nitrogen and oxygen atoms in total. The zero-order valence-electron chi connectivity index (χ0n) is 7.32. The van der Waals surface area contributed by atoms with E-state index >= 15 is 0 Å². The average molecular weight is 163 g/mol. The summed E-state index contributed by atoms with van der Waals surface area (Å²) in [7, 11) is 5.13. The van der Waals surface area contributed by atoms with Crippen molar-refractivity contribution >= 4 is 0 Å². The van der Waals surface area contributed by atoms with Crippen molar-refractivity contribution in [2.75, 3.05) is 34.4 Å². The second kappa shape index (κ2) is 5.49. The Hall–Kier alpha value is -0.160. The quantitative estimate of drug-likeness (QED) is 0.541. The lowest BCUT2D eigenvalue weighted by molar-refractivity contribution is -0.00864. The van der Waals surface area contributed by atoms with Crippen molar-refractivity contribution in [1.29, 1.82) is 0 Å². The first-order chi connectivity index (χ1) is 5.13. The van der Waals surface area contributed by atoms with Gasteiger partial charge in [0.2, 0.25) is 0 Å². The molecular formula is C7H17NO3. The number of ether oxygens (including phenoxy) is 1. The number of aliphatic hydroxyl groups excluding tert-OH is 2. The highest BCUT2D eigenvalue weighted by Crippen LogP contribution is 1.99. The van der Waals surface area contributed by atoms with E-state index in [2.05, 4.69) is 0 Å². The lowest BCUT2D eigenvalue weighted by Crippen LogP contribution is -2.43. The molecule has 0 aromatic heterocycles. The predicted molar refractivity (Wildman–Crippen MR) is 42.4 cm³/mol. The molecule has 0 aliphatic carbocycles. The molecule has 2 atom stereocenters. The fraction of sp³-hybridized carbons (Fsp3) is 1.00. The van der Waals surface area contributed by atoms with Crippen LogP contribution in [0.25, 0.3) is 0 Å². The van der Waals surface area contributed by atoms with Gasteiger partial charge < -0.3 is 19.8 Å². The van der Waals surface area contributed by atoms with Crippen LogP contribution in [-0.4, -0.2) is 61.7 Å². The molecular weight excluding hydrogens is 146 g/mol. The second-order valence-corrected chi connectivity index (χ2v) is 2.74. The van der Waals surface area contributed by atoms with Crippen molar-refractivity contribution in [3.63, 3.8) is 0 Å². The standard InChI is InChI=1S/C7H17NO3/c1-8(2)6(4-9)7(10)5-11-3/h6-7,9-10H,4-5H2,1-3H3. The summed E-state index contributed by atoms with van der Waals surface area (Å²) in [5, 5.41) is 18.2. The first kappa shape index (κ1) is 10.8. The van der Waals surface area contributed by atoms with Crippen LogP contribution in [0, 0.1) is 0 Å². The molecule has 0 saturated carbocycles. The topological polar surface area (TPSA) is 52.9 Å². The Morgan fingerprint density at radius 2 is 2.00 bits per heavy atom. The smallest absolute Gasteiger partial charge is 0.0950 e. The molecule has 0 amide bonds. The summed E-state index contributed by atoms with van der Waals surface area (Å²) in [6.07, 6.45) is -0.625. The molecule has 0 spiro atoms. The zero-order valence-corrected chi connectivity index (χ0v) is 7.32. The molecule has 0 aromatic carbocycles. The molecule has 0 heterocycles. The molecule has 68 valence electrons. The van der Waals surface area contributed by atoms with Gasteiger partial charge in [0.15, 0.2) is 0 Å². The highest BCUT2D eigenvalue weighted by atomic mass is 16.5. The molecule has 11 heavy (non-hydrogen) atoms. The van der Waals surface area contributed by atoms with Gasteiger partial charge in [0, 0.05) is 7.11 Å². The van der Waals surface area contributed by atoms with E-state index in [0.717, 1.165) is 0 Å². The highest BCUT2D eigenvalue weighted by Gasteiger charge is 2.19. The van der Waals surface area contributed by atoms with E-state index in [1.165, 1.54) is 7.11 Å². The molecule has 2 N–H and O–H groups in total. The number of methoxy groups -OCH3 is 1. The average Bonchev–Trinajstić information content (AvgIpc) is 1.88. The summed E-state index contributed by atoms with van der Waals surface area (Å²) in [5.74, 6) is 0. The number of aliphatic hydroxyl groups is 2. The summed E-state index contributed by atoms with van der Waals surface area (Å²) in [4.78, 5) is 1.77. The maximum atomic E-state index is 9.35. The van der Waals surface area contributed by atoms with E-state index < -0.39 is 6.10 Å². The Kier molecular flexibility index (Phi) is 5.41. The molecule has 4 heteroatoms. The monoisotopic (exact) mass is 163 g/mol. The minimum atomic E-state index is -0.625. The van der Waals surface area contributed by atoms with Crippen molar-refractivity contribution in [1.82, 2.24) is 4.90 Å². The Morgan fingerprint density at radius 1 is 1.45 bits per heavy atom. The van der Waals surface area contributed by atoms with E-state index in [1.807, 2.05) is 0 Å². The zero-order chi connectivity index (χ0) is 8.85. The van der Waals surface area contributed by atoms with Crippen LogP contribution in [0.3, 0.4) is 0 Å². The minimum absolute atomic E-state index is 0.0580. The van der Waals surface area contributed by atoms with Gasteiger partial charge >= 0.3 is 0 Å². The normalized spacial score (nSPS) is 16.9. The Morgan fingerprint density at radius 3 is 2.27 bits per heavy atom. The third-order valence-corrected chi connectivity index (χ3v) is 1.63. The van der Waals surface area contributed by atoms with Gasteiger partial charge in [-0.1, -0.05) is 0 Å². The summed E-state index contributed by atoms with van der Waals surface area (Å²) in [5.41, 5.74) is 0. The van der Waals surface area contributed by atoms with E-state index in [4.69, 9.17) is 9.84 Å². The van der Waals surface area contributed by atoms with Crippen molar-refractivity contribution < 1.29 is 14.9 Å². The Balaban J connectivity index is 3.81. The maximum absolute atomic E-state index is 9.35. The maximum Gasteiger partial charge on any atom is 0.0950 e. The number of likely N-dealkylation sites (N-methyl/N-ethyl adjacent to an activating group) is 1. The lowest BCUT2D eigenvalue weighted by Gasteiger charge is -2.26. The molecule has 0 rings (SSSR count). The minimum Gasteiger partial charge on any atom is -0.395 e. The van der Waals surface area contributed by atoms with Crippen LogP contribution in [0.1, 0.15) is 0 Å². The largest absolute Gasteiger partial charge is 0.395 e. The van der Waals surface area contributed by atoms with E-state index in [-0.39, 0.29) is 19.3 Å². The van der Waals surface area contributed by atoms with Crippen molar-refractivity contribution in [2.45, 2.75) is 12.1 Å². The van der Waals surface area contributed by atoms with Gasteiger partial charge in [0.25, 0.3) is 0 Å². The van der Waals surface area contributed by atoms with Gasteiger partial charge in [-0.15, -0.1) is 0 Å². The summed E-state index contributed by atoms with van der Waals surface area (Å²) in [6, 6.07) is -0.241. The summed E-state index contributed by atoms with van der Waals surface area (Å²) in [6.45, 7) is 0.195. The van der Waals surface area contributed by atoms with Crippen LogP contribution in [-0.2, 0) is 4.74 Å². The summed E-state index contributed by atoms with van der Waals surface area (Å²) < 4.78 is 4.75. The van der Waals surface area contributed by atoms with Crippen molar-refractivity contribution in [3.05, 3.63) is 0 Å².